The molecule has 1 unspecified atom stereocenters. The number of ether oxygens (including phenoxy) is 2. The fourth-order valence-corrected chi connectivity index (χ4v) is 5.83. The molecule has 0 radical (unpaired) electrons. The van der Waals surface area contributed by atoms with E-state index in [9.17, 15) is 9.59 Å². The fourth-order valence-electron chi connectivity index (χ4n) is 3.94. The molecule has 4 rings (SSSR count). The fraction of sp³-hybridized carbons (Fsp3) is 0.259. The Labute approximate surface area is 224 Å². The van der Waals surface area contributed by atoms with Gasteiger partial charge in [0.25, 0.3) is 0 Å². The Kier molecular flexibility index (Phi) is 8.62. The summed E-state index contributed by atoms with van der Waals surface area (Å²) >= 11 is 2.64. The van der Waals surface area contributed by atoms with E-state index in [1.54, 1.807) is 0 Å². The normalized spacial score (nSPS) is 11.7. The van der Waals surface area contributed by atoms with Crippen molar-refractivity contribution in [3.05, 3.63) is 76.9 Å². The molecule has 0 saturated carbocycles. The van der Waals surface area contributed by atoms with Crippen LogP contribution in [0.1, 0.15) is 41.0 Å². The maximum absolute atomic E-state index is 12.9. The zero-order valence-electron chi connectivity index (χ0n) is 21.1. The van der Waals surface area contributed by atoms with E-state index < -0.39 is 5.97 Å². The van der Waals surface area contributed by atoms with E-state index >= 15 is 0 Å². The van der Waals surface area contributed by atoms with Crippen LogP contribution < -0.4 is 10.1 Å². The molecule has 0 saturated heterocycles. The van der Waals surface area contributed by atoms with Crippen LogP contribution in [0.15, 0.2) is 65.8 Å². The summed E-state index contributed by atoms with van der Waals surface area (Å²) in [6, 6.07) is 19.1. The number of nitrogens with one attached hydrogen (secondary N) is 1. The van der Waals surface area contributed by atoms with Crippen molar-refractivity contribution in [3.8, 4) is 16.9 Å². The van der Waals surface area contributed by atoms with Crippen molar-refractivity contribution in [3.63, 3.8) is 0 Å². The zero-order valence-corrected chi connectivity index (χ0v) is 22.7. The predicted molar refractivity (Wildman–Crippen MR) is 146 cm³/mol. The molecule has 0 aliphatic carbocycles. The number of hydrogen-bond acceptors (Lipinski definition) is 8. The van der Waals surface area contributed by atoms with Crippen LogP contribution in [0.25, 0.3) is 11.1 Å². The lowest BCUT2D eigenvalue weighted by atomic mass is 10.0. The number of thioether (sulfide) groups is 1. The van der Waals surface area contributed by atoms with Crippen molar-refractivity contribution in [2.45, 2.75) is 38.6 Å². The molecule has 37 heavy (non-hydrogen) atoms. The van der Waals surface area contributed by atoms with Gasteiger partial charge in [0, 0.05) is 17.0 Å². The lowest BCUT2D eigenvalue weighted by Crippen LogP contribution is -2.17. The molecule has 192 valence electrons. The number of thiophene rings is 1. The Balaban J connectivity index is 1.48. The Morgan fingerprint density at radius 3 is 2.41 bits per heavy atom. The van der Waals surface area contributed by atoms with Crippen molar-refractivity contribution in [2.75, 3.05) is 18.2 Å². The minimum atomic E-state index is -0.492. The molecule has 8 nitrogen and oxygen atoms in total. The number of rotatable bonds is 10. The molecule has 0 fully saturated rings. The van der Waals surface area contributed by atoms with Gasteiger partial charge in [-0.1, -0.05) is 60.3 Å². The number of hydrogen-bond donors (Lipinski definition) is 1. The minimum Gasteiger partial charge on any atom is -0.483 e. The van der Waals surface area contributed by atoms with E-state index in [1.165, 1.54) is 30.2 Å². The van der Waals surface area contributed by atoms with Crippen LogP contribution in [0, 0.1) is 6.92 Å². The number of carbonyl (C=O) groups excluding carboxylic acids is 2. The number of nitrogens with zero attached hydrogens (tertiary/aromatic N) is 3. The summed E-state index contributed by atoms with van der Waals surface area (Å²) in [4.78, 5) is 26.5. The van der Waals surface area contributed by atoms with Gasteiger partial charge in [-0.3, -0.25) is 4.79 Å². The van der Waals surface area contributed by atoms with E-state index in [0.29, 0.717) is 28.1 Å². The monoisotopic (exact) mass is 536 g/mol. The van der Waals surface area contributed by atoms with Gasteiger partial charge in [0.15, 0.2) is 17.1 Å². The number of amides is 1. The van der Waals surface area contributed by atoms with Crippen LogP contribution >= 0.6 is 23.1 Å². The molecule has 0 spiro atoms. The molecular formula is C27H28N4O4S2. The van der Waals surface area contributed by atoms with Crippen molar-refractivity contribution in [2.24, 2.45) is 0 Å². The van der Waals surface area contributed by atoms with Gasteiger partial charge in [-0.25, -0.2) is 4.79 Å². The summed E-state index contributed by atoms with van der Waals surface area (Å²) in [5.74, 6) is 0.788. The molecule has 0 aliphatic heterocycles. The van der Waals surface area contributed by atoms with Gasteiger partial charge in [0.05, 0.1) is 12.9 Å². The van der Waals surface area contributed by atoms with Crippen LogP contribution in [0.4, 0.5) is 5.00 Å². The number of carbonyl (C=O) groups is 2. The molecular weight excluding hydrogens is 508 g/mol. The highest BCUT2D eigenvalue weighted by molar-refractivity contribution is 7.99. The molecule has 2 heterocycles. The second kappa shape index (κ2) is 12.1. The van der Waals surface area contributed by atoms with Crippen molar-refractivity contribution in [1.29, 1.82) is 0 Å². The van der Waals surface area contributed by atoms with Crippen LogP contribution in [-0.4, -0.2) is 39.5 Å². The van der Waals surface area contributed by atoms with E-state index in [2.05, 4.69) is 15.5 Å². The molecule has 1 amide bonds. The van der Waals surface area contributed by atoms with Gasteiger partial charge in [-0.15, -0.1) is 21.5 Å². The van der Waals surface area contributed by atoms with Gasteiger partial charge >= 0.3 is 5.97 Å². The van der Waals surface area contributed by atoms with E-state index in [4.69, 9.17) is 9.47 Å². The maximum Gasteiger partial charge on any atom is 0.341 e. The van der Waals surface area contributed by atoms with Crippen LogP contribution in [0.5, 0.6) is 5.75 Å². The van der Waals surface area contributed by atoms with Gasteiger partial charge < -0.3 is 19.4 Å². The van der Waals surface area contributed by atoms with E-state index in [1.807, 2.05) is 86.0 Å². The highest BCUT2D eigenvalue weighted by atomic mass is 32.2. The third kappa shape index (κ3) is 6.03. The highest BCUT2D eigenvalue weighted by Crippen LogP contribution is 2.40. The average Bonchev–Trinajstić information content (AvgIpc) is 3.48. The second-order valence-electron chi connectivity index (χ2n) is 8.09. The molecule has 10 heteroatoms. The van der Waals surface area contributed by atoms with Crippen LogP contribution in [-0.2, 0) is 16.1 Å². The first kappa shape index (κ1) is 26.4. The molecule has 1 N–H and O–H groups in total. The Morgan fingerprint density at radius 1 is 1.08 bits per heavy atom. The number of benzene rings is 2. The maximum atomic E-state index is 12.9. The predicted octanol–water partition coefficient (Wildman–Crippen LogP) is 5.99. The first-order valence-corrected chi connectivity index (χ1v) is 13.6. The quantitative estimate of drug-likeness (QED) is 0.196. The highest BCUT2D eigenvalue weighted by Gasteiger charge is 2.25. The number of para-hydroxylation sites is 1. The molecule has 0 aliphatic rings. The summed E-state index contributed by atoms with van der Waals surface area (Å²) in [6.07, 6.45) is -0.314. The summed E-state index contributed by atoms with van der Waals surface area (Å²) in [5, 5.41) is 12.6. The lowest BCUT2D eigenvalue weighted by Gasteiger charge is -2.15. The standard InChI is InChI=1S/C27H28N4O4S2/c1-5-31-24(17(2)35-20-14-10-7-11-15-20)29-30-27(31)36-16-21(32)28-25-23(26(33)34-4)22(18(3)37-25)19-12-8-6-9-13-19/h6-15,17H,5,16H2,1-4H3,(H,28,32). The summed E-state index contributed by atoms with van der Waals surface area (Å²) in [6.45, 7) is 6.47. The topological polar surface area (TPSA) is 95.3 Å². The third-order valence-corrected chi connectivity index (χ3v) is 7.59. The average molecular weight is 537 g/mol. The van der Waals surface area contributed by atoms with Crippen molar-refractivity contribution in [1.82, 2.24) is 14.8 Å². The minimum absolute atomic E-state index is 0.101. The Hall–Kier alpha value is -3.63. The molecule has 1 atom stereocenters. The number of esters is 1. The first-order valence-electron chi connectivity index (χ1n) is 11.8. The Morgan fingerprint density at radius 2 is 1.76 bits per heavy atom. The molecule has 2 aromatic carbocycles. The van der Waals surface area contributed by atoms with Crippen LogP contribution in [0.2, 0.25) is 0 Å². The molecule has 4 aromatic rings. The largest absolute Gasteiger partial charge is 0.483 e. The molecule has 0 bridgehead atoms. The summed E-state index contributed by atoms with van der Waals surface area (Å²) in [7, 11) is 1.34. The smallest absolute Gasteiger partial charge is 0.341 e. The SMILES string of the molecule is CCn1c(SCC(=O)Nc2sc(C)c(-c3ccccc3)c2C(=O)OC)nnc1C(C)Oc1ccccc1. The third-order valence-electron chi connectivity index (χ3n) is 5.60. The van der Waals surface area contributed by atoms with Crippen molar-refractivity contribution >= 4 is 40.0 Å². The zero-order chi connectivity index (χ0) is 26.4. The summed E-state index contributed by atoms with van der Waals surface area (Å²) in [5.41, 5.74) is 2.02. The number of anilines is 1. The van der Waals surface area contributed by atoms with Gasteiger partial charge in [0.2, 0.25) is 5.91 Å². The Bertz CT molecular complexity index is 1370. The lowest BCUT2D eigenvalue weighted by molar-refractivity contribution is -0.113. The first-order chi connectivity index (χ1) is 17.9. The van der Waals surface area contributed by atoms with E-state index in [-0.39, 0.29) is 17.8 Å². The van der Waals surface area contributed by atoms with Gasteiger partial charge in [0.1, 0.15) is 16.3 Å². The second-order valence-corrected chi connectivity index (χ2v) is 10.3. The number of aromatic nitrogens is 3. The summed E-state index contributed by atoms with van der Waals surface area (Å²) < 4.78 is 13.0. The number of aryl methyl sites for hydroxylation is 1. The van der Waals surface area contributed by atoms with Gasteiger partial charge in [-0.05, 0) is 38.5 Å². The molecule has 2 aromatic heterocycles. The van der Waals surface area contributed by atoms with Crippen LogP contribution in [0.3, 0.4) is 0 Å². The number of methoxy groups -OCH3 is 1. The van der Waals surface area contributed by atoms with Crippen molar-refractivity contribution < 1.29 is 19.1 Å². The van der Waals surface area contributed by atoms with Gasteiger partial charge in [-0.2, -0.15) is 0 Å². The van der Waals surface area contributed by atoms with E-state index in [0.717, 1.165) is 21.8 Å².